The average Bonchev–Trinajstić information content (AvgIpc) is 3.26. The van der Waals surface area contributed by atoms with Crippen LogP contribution in [-0.4, -0.2) is 46.9 Å². The van der Waals surface area contributed by atoms with Crippen molar-refractivity contribution in [1.29, 1.82) is 0 Å². The first-order valence-electron chi connectivity index (χ1n) is 8.20. The number of carbonyl (C=O) groups is 1. The Hall–Kier alpha value is -1.99. The van der Waals surface area contributed by atoms with Gasteiger partial charge in [-0.2, -0.15) is 0 Å². The number of carbonyl (C=O) groups excluding carboxylic acids is 1. The number of anilines is 1. The number of aromatic nitrogens is 2. The first kappa shape index (κ1) is 16.9. The monoisotopic (exact) mass is 346 g/mol. The highest BCUT2D eigenvalue weighted by Gasteiger charge is 2.23. The van der Waals surface area contributed by atoms with Crippen molar-refractivity contribution in [3.8, 4) is 0 Å². The maximum Gasteiger partial charge on any atom is 0.323 e. The van der Waals surface area contributed by atoms with Crippen LogP contribution in [0.2, 0.25) is 0 Å². The van der Waals surface area contributed by atoms with Gasteiger partial charge in [0.25, 0.3) is 0 Å². The summed E-state index contributed by atoms with van der Waals surface area (Å²) >= 11 is 1.32. The number of ether oxygens (including phenoxy) is 1. The van der Waals surface area contributed by atoms with Crippen LogP contribution in [0.1, 0.15) is 24.0 Å². The van der Waals surface area contributed by atoms with Crippen LogP contribution in [0, 0.1) is 6.92 Å². The predicted octanol–water partition coefficient (Wildman–Crippen LogP) is 3.10. The Morgan fingerprint density at radius 2 is 2.25 bits per heavy atom. The van der Waals surface area contributed by atoms with Crippen LogP contribution < -0.4 is 5.32 Å². The molecule has 1 aliphatic heterocycles. The Balaban J connectivity index is 1.61. The summed E-state index contributed by atoms with van der Waals surface area (Å²) in [4.78, 5) is 14.4. The fraction of sp³-hybridized carbons (Fsp3) is 0.471. The average molecular weight is 346 g/mol. The Morgan fingerprint density at radius 3 is 2.92 bits per heavy atom. The van der Waals surface area contributed by atoms with Gasteiger partial charge in [0.2, 0.25) is 5.13 Å². The normalized spacial score (nSPS) is 17.0. The summed E-state index contributed by atoms with van der Waals surface area (Å²) in [6, 6.07) is 8.28. The topological polar surface area (TPSA) is 67.3 Å². The van der Waals surface area contributed by atoms with Gasteiger partial charge in [0.05, 0.1) is 6.10 Å². The number of benzene rings is 1. The van der Waals surface area contributed by atoms with Crippen molar-refractivity contribution < 1.29 is 9.53 Å². The van der Waals surface area contributed by atoms with Crippen molar-refractivity contribution in [3.05, 3.63) is 40.9 Å². The van der Waals surface area contributed by atoms with E-state index in [1.165, 1.54) is 22.5 Å². The number of nitrogens with one attached hydrogen (secondary N) is 1. The zero-order valence-electron chi connectivity index (χ0n) is 13.8. The van der Waals surface area contributed by atoms with Crippen LogP contribution >= 0.6 is 11.3 Å². The van der Waals surface area contributed by atoms with E-state index in [1.807, 2.05) is 4.90 Å². The third-order valence-electron chi connectivity index (χ3n) is 4.10. The molecule has 0 saturated carbocycles. The fourth-order valence-electron chi connectivity index (χ4n) is 2.73. The molecule has 1 aromatic carbocycles. The summed E-state index contributed by atoms with van der Waals surface area (Å²) in [6.45, 7) is 4.11. The van der Waals surface area contributed by atoms with Crippen LogP contribution in [0.15, 0.2) is 29.8 Å². The van der Waals surface area contributed by atoms with Crippen LogP contribution in [-0.2, 0) is 11.2 Å². The lowest BCUT2D eigenvalue weighted by Crippen LogP contribution is -2.41. The number of rotatable bonds is 6. The summed E-state index contributed by atoms with van der Waals surface area (Å²) in [5, 5.41) is 11.0. The quantitative estimate of drug-likeness (QED) is 0.873. The number of amides is 2. The number of nitrogens with zero attached hydrogens (tertiary/aromatic N) is 3. The number of hydrogen-bond donors (Lipinski definition) is 1. The largest absolute Gasteiger partial charge is 0.376 e. The van der Waals surface area contributed by atoms with Crippen LogP contribution in [0.25, 0.3) is 0 Å². The summed E-state index contributed by atoms with van der Waals surface area (Å²) < 4.78 is 5.69. The first-order chi connectivity index (χ1) is 11.7. The molecule has 1 aliphatic rings. The molecule has 3 rings (SSSR count). The minimum Gasteiger partial charge on any atom is -0.376 e. The molecule has 0 spiro atoms. The lowest BCUT2D eigenvalue weighted by molar-refractivity contribution is 0.0839. The van der Waals surface area contributed by atoms with Gasteiger partial charge in [-0.15, -0.1) is 10.2 Å². The van der Waals surface area contributed by atoms with Gasteiger partial charge in [-0.3, -0.25) is 5.32 Å². The lowest BCUT2D eigenvalue weighted by atomic mass is 10.1. The van der Waals surface area contributed by atoms with E-state index in [0.29, 0.717) is 18.2 Å². The van der Waals surface area contributed by atoms with Gasteiger partial charge >= 0.3 is 6.03 Å². The number of hydrogen-bond acceptors (Lipinski definition) is 5. The Labute approximate surface area is 145 Å². The van der Waals surface area contributed by atoms with E-state index >= 15 is 0 Å². The molecule has 24 heavy (non-hydrogen) atoms. The van der Waals surface area contributed by atoms with Gasteiger partial charge in [0.1, 0.15) is 5.51 Å². The molecule has 2 heterocycles. The second-order valence-corrected chi connectivity index (χ2v) is 6.82. The molecule has 128 valence electrons. The van der Waals surface area contributed by atoms with Crippen LogP contribution in [0.5, 0.6) is 0 Å². The second kappa shape index (κ2) is 8.21. The molecule has 0 aliphatic carbocycles. The molecule has 1 saturated heterocycles. The SMILES string of the molecule is Cc1ccc(CCN(CC2CCCO2)C(=O)Nc2nncs2)cc1. The minimum atomic E-state index is -0.144. The lowest BCUT2D eigenvalue weighted by Gasteiger charge is -2.25. The molecule has 2 aromatic rings. The molecular formula is C17H22N4O2S. The predicted molar refractivity (Wildman–Crippen MR) is 94.4 cm³/mol. The molecule has 7 heteroatoms. The Morgan fingerprint density at radius 1 is 1.42 bits per heavy atom. The van der Waals surface area contributed by atoms with Crippen molar-refractivity contribution in [2.45, 2.75) is 32.3 Å². The molecule has 1 N–H and O–H groups in total. The molecule has 0 radical (unpaired) electrons. The van der Waals surface area contributed by atoms with Crippen molar-refractivity contribution in [2.24, 2.45) is 0 Å². The van der Waals surface area contributed by atoms with E-state index < -0.39 is 0 Å². The molecule has 2 amide bonds. The maximum absolute atomic E-state index is 12.6. The van der Waals surface area contributed by atoms with Gasteiger partial charge in [-0.1, -0.05) is 41.2 Å². The second-order valence-electron chi connectivity index (χ2n) is 5.99. The van der Waals surface area contributed by atoms with Crippen molar-refractivity contribution >= 4 is 22.5 Å². The summed E-state index contributed by atoms with van der Waals surface area (Å²) in [6.07, 6.45) is 3.02. The molecular weight excluding hydrogens is 324 g/mol. The van der Waals surface area contributed by atoms with Crippen LogP contribution in [0.4, 0.5) is 9.93 Å². The summed E-state index contributed by atoms with van der Waals surface area (Å²) in [5.41, 5.74) is 4.07. The molecule has 6 nitrogen and oxygen atoms in total. The first-order valence-corrected chi connectivity index (χ1v) is 9.08. The third-order valence-corrected chi connectivity index (χ3v) is 4.71. The molecule has 1 aromatic heterocycles. The van der Waals surface area contributed by atoms with E-state index in [0.717, 1.165) is 25.9 Å². The van der Waals surface area contributed by atoms with E-state index in [4.69, 9.17) is 4.74 Å². The zero-order valence-corrected chi connectivity index (χ0v) is 14.6. The smallest absolute Gasteiger partial charge is 0.323 e. The maximum atomic E-state index is 12.6. The van der Waals surface area contributed by atoms with Crippen molar-refractivity contribution in [1.82, 2.24) is 15.1 Å². The fourth-order valence-corrected chi connectivity index (χ4v) is 3.16. The Kier molecular flexibility index (Phi) is 5.77. The van der Waals surface area contributed by atoms with Gasteiger partial charge in [-0.05, 0) is 31.7 Å². The standard InChI is InChI=1S/C17H22N4O2S/c1-13-4-6-14(7-5-13)8-9-21(11-15-3-2-10-23-15)17(22)19-16-20-18-12-24-16/h4-7,12,15H,2-3,8-11H2,1H3,(H,19,20,22). The molecule has 1 atom stereocenters. The highest BCUT2D eigenvalue weighted by molar-refractivity contribution is 7.13. The summed E-state index contributed by atoms with van der Waals surface area (Å²) in [7, 11) is 0. The zero-order chi connectivity index (χ0) is 16.8. The van der Waals surface area contributed by atoms with Gasteiger partial charge in [0, 0.05) is 19.7 Å². The van der Waals surface area contributed by atoms with Crippen LogP contribution in [0.3, 0.4) is 0 Å². The highest BCUT2D eigenvalue weighted by atomic mass is 32.1. The molecule has 0 bridgehead atoms. The van der Waals surface area contributed by atoms with E-state index in [-0.39, 0.29) is 12.1 Å². The number of aryl methyl sites for hydroxylation is 1. The van der Waals surface area contributed by atoms with Gasteiger partial charge < -0.3 is 9.64 Å². The highest BCUT2D eigenvalue weighted by Crippen LogP contribution is 2.16. The minimum absolute atomic E-state index is 0.128. The van der Waals surface area contributed by atoms with E-state index in [2.05, 4.69) is 46.7 Å². The van der Waals surface area contributed by atoms with Gasteiger partial charge in [-0.25, -0.2) is 4.79 Å². The summed E-state index contributed by atoms with van der Waals surface area (Å²) in [5.74, 6) is 0. The number of urea groups is 1. The van der Waals surface area contributed by atoms with E-state index in [9.17, 15) is 4.79 Å². The Bertz CT molecular complexity index is 639. The molecule has 1 fully saturated rings. The van der Waals surface area contributed by atoms with E-state index in [1.54, 1.807) is 5.51 Å². The third kappa shape index (κ3) is 4.75. The van der Waals surface area contributed by atoms with Gasteiger partial charge in [0.15, 0.2) is 0 Å². The van der Waals surface area contributed by atoms with Crippen molar-refractivity contribution in [2.75, 3.05) is 25.0 Å². The van der Waals surface area contributed by atoms with Crippen molar-refractivity contribution in [3.63, 3.8) is 0 Å². The molecule has 1 unspecified atom stereocenters.